The van der Waals surface area contributed by atoms with E-state index in [1.165, 1.54) is 17.2 Å². The largest absolute Gasteiger partial charge is 0.503 e. The molecule has 1 amide bonds. The SMILES string of the molecule is O=C(C1=C(O)C(=O)N(c2cccc(Cl)c2)C1c1cccnc1)c1ccco1. The van der Waals surface area contributed by atoms with E-state index >= 15 is 0 Å². The Morgan fingerprint density at radius 2 is 2.04 bits per heavy atom. The van der Waals surface area contributed by atoms with Crippen LogP contribution in [0.25, 0.3) is 0 Å². The minimum absolute atomic E-state index is 0.0335. The van der Waals surface area contributed by atoms with Gasteiger partial charge in [0.1, 0.15) is 0 Å². The molecule has 0 bridgehead atoms. The van der Waals surface area contributed by atoms with Crippen LogP contribution in [0, 0.1) is 0 Å². The van der Waals surface area contributed by atoms with E-state index in [-0.39, 0.29) is 11.3 Å². The quantitative estimate of drug-likeness (QED) is 0.688. The van der Waals surface area contributed by atoms with E-state index in [2.05, 4.69) is 4.98 Å². The average molecular weight is 381 g/mol. The van der Waals surface area contributed by atoms with Crippen molar-refractivity contribution in [3.8, 4) is 0 Å². The number of carbonyl (C=O) groups is 2. The lowest BCUT2D eigenvalue weighted by atomic mass is 9.96. The van der Waals surface area contributed by atoms with Crippen LogP contribution in [0.1, 0.15) is 22.2 Å². The number of pyridine rings is 1. The number of furan rings is 1. The van der Waals surface area contributed by atoms with Crippen molar-refractivity contribution in [1.29, 1.82) is 0 Å². The van der Waals surface area contributed by atoms with Crippen LogP contribution in [-0.4, -0.2) is 21.8 Å². The molecule has 4 rings (SSSR count). The summed E-state index contributed by atoms with van der Waals surface area (Å²) in [5.41, 5.74) is 0.961. The third-order valence-corrected chi connectivity index (χ3v) is 4.52. The summed E-state index contributed by atoms with van der Waals surface area (Å²) in [5, 5.41) is 11.0. The van der Waals surface area contributed by atoms with Crippen molar-refractivity contribution in [1.82, 2.24) is 4.98 Å². The predicted octanol–water partition coefficient (Wildman–Crippen LogP) is 4.11. The van der Waals surface area contributed by atoms with Gasteiger partial charge in [-0.25, -0.2) is 0 Å². The lowest BCUT2D eigenvalue weighted by molar-refractivity contribution is -0.117. The van der Waals surface area contributed by atoms with Crippen molar-refractivity contribution in [2.24, 2.45) is 0 Å². The Balaban J connectivity index is 1.89. The minimum Gasteiger partial charge on any atom is -0.503 e. The number of rotatable bonds is 4. The molecule has 2 aromatic heterocycles. The summed E-state index contributed by atoms with van der Waals surface area (Å²) in [7, 11) is 0. The average Bonchev–Trinajstić information content (AvgIpc) is 3.30. The molecule has 0 radical (unpaired) electrons. The number of hydrogen-bond donors (Lipinski definition) is 1. The highest BCUT2D eigenvalue weighted by Gasteiger charge is 2.45. The first-order valence-corrected chi connectivity index (χ1v) is 8.46. The van der Waals surface area contributed by atoms with E-state index in [9.17, 15) is 14.7 Å². The molecular weight excluding hydrogens is 368 g/mol. The number of ketones is 1. The van der Waals surface area contributed by atoms with Gasteiger partial charge in [0.05, 0.1) is 17.9 Å². The standard InChI is InChI=1S/C20H13ClN2O4/c21-13-5-1-6-14(10-13)23-17(12-4-2-8-22-11-12)16(19(25)20(23)26)18(24)15-7-3-9-27-15/h1-11,17,25H. The molecule has 27 heavy (non-hydrogen) atoms. The normalized spacial score (nSPS) is 16.9. The van der Waals surface area contributed by atoms with Gasteiger partial charge in [0.2, 0.25) is 5.78 Å². The Labute approximate surface area is 159 Å². The number of aliphatic hydroxyl groups excluding tert-OH is 1. The fourth-order valence-electron chi connectivity index (χ4n) is 3.12. The second-order valence-electron chi connectivity index (χ2n) is 5.91. The third-order valence-electron chi connectivity index (χ3n) is 4.28. The molecule has 1 atom stereocenters. The maximum absolute atomic E-state index is 13.0. The summed E-state index contributed by atoms with van der Waals surface area (Å²) < 4.78 is 5.17. The zero-order valence-electron chi connectivity index (χ0n) is 13.9. The number of amides is 1. The molecule has 134 valence electrons. The zero-order chi connectivity index (χ0) is 19.0. The van der Waals surface area contributed by atoms with E-state index in [1.54, 1.807) is 54.9 Å². The summed E-state index contributed by atoms with van der Waals surface area (Å²) in [5.74, 6) is -1.85. The third kappa shape index (κ3) is 2.90. The maximum Gasteiger partial charge on any atom is 0.294 e. The van der Waals surface area contributed by atoms with E-state index in [4.69, 9.17) is 16.0 Å². The highest BCUT2D eigenvalue weighted by atomic mass is 35.5. The Morgan fingerprint density at radius 3 is 2.70 bits per heavy atom. The van der Waals surface area contributed by atoms with Gasteiger partial charge in [-0.3, -0.25) is 19.5 Å². The first-order valence-electron chi connectivity index (χ1n) is 8.08. The van der Waals surface area contributed by atoms with Crippen molar-refractivity contribution in [2.45, 2.75) is 6.04 Å². The molecule has 6 nitrogen and oxygen atoms in total. The highest BCUT2D eigenvalue weighted by Crippen LogP contribution is 2.42. The van der Waals surface area contributed by atoms with Crippen LogP contribution in [0.4, 0.5) is 5.69 Å². The number of aromatic nitrogens is 1. The number of aliphatic hydroxyl groups is 1. The highest BCUT2D eigenvalue weighted by molar-refractivity contribution is 6.31. The van der Waals surface area contributed by atoms with Gasteiger partial charge < -0.3 is 9.52 Å². The Kier molecular flexibility index (Phi) is 4.25. The van der Waals surface area contributed by atoms with Gasteiger partial charge in [0.25, 0.3) is 5.91 Å². The Hall–Kier alpha value is -3.38. The van der Waals surface area contributed by atoms with Crippen LogP contribution in [0.3, 0.4) is 0 Å². The summed E-state index contributed by atoms with van der Waals surface area (Å²) in [4.78, 5) is 31.2. The van der Waals surface area contributed by atoms with Gasteiger partial charge in [-0.15, -0.1) is 0 Å². The molecule has 7 heteroatoms. The number of hydrogen-bond acceptors (Lipinski definition) is 5. The second kappa shape index (κ2) is 6.74. The van der Waals surface area contributed by atoms with Crippen LogP contribution >= 0.6 is 11.6 Å². The van der Waals surface area contributed by atoms with Crippen LogP contribution in [-0.2, 0) is 4.79 Å². The maximum atomic E-state index is 13.0. The van der Waals surface area contributed by atoms with Crippen molar-refractivity contribution >= 4 is 29.0 Å². The van der Waals surface area contributed by atoms with E-state index in [0.29, 0.717) is 16.3 Å². The molecule has 1 aliphatic heterocycles. The second-order valence-corrected chi connectivity index (χ2v) is 6.35. The molecule has 3 heterocycles. The van der Waals surface area contributed by atoms with Crippen LogP contribution in [0.15, 0.2) is 82.9 Å². The number of anilines is 1. The lowest BCUT2D eigenvalue weighted by Crippen LogP contribution is -2.31. The molecule has 0 saturated carbocycles. The van der Waals surface area contributed by atoms with Crippen LogP contribution < -0.4 is 4.90 Å². The molecule has 1 unspecified atom stereocenters. The summed E-state index contributed by atoms with van der Waals surface area (Å²) in [6, 6.07) is 12.3. The minimum atomic E-state index is -0.859. The number of nitrogens with zero attached hydrogens (tertiary/aromatic N) is 2. The van der Waals surface area contributed by atoms with E-state index in [0.717, 1.165) is 0 Å². The molecule has 1 aliphatic rings. The van der Waals surface area contributed by atoms with E-state index < -0.39 is 23.5 Å². The fraction of sp³-hybridized carbons (Fsp3) is 0.0500. The van der Waals surface area contributed by atoms with Crippen LogP contribution in [0.5, 0.6) is 0 Å². The van der Waals surface area contributed by atoms with Gasteiger partial charge in [-0.05, 0) is 42.0 Å². The molecule has 1 aromatic carbocycles. The molecule has 0 aliphatic carbocycles. The van der Waals surface area contributed by atoms with Crippen LogP contribution in [0.2, 0.25) is 5.02 Å². The smallest absolute Gasteiger partial charge is 0.294 e. The molecule has 3 aromatic rings. The van der Waals surface area contributed by atoms with Gasteiger partial charge in [-0.1, -0.05) is 23.7 Å². The summed E-state index contributed by atoms with van der Waals surface area (Å²) in [6.45, 7) is 0. The number of halogens is 1. The van der Waals surface area contributed by atoms with Crippen molar-refractivity contribution in [3.63, 3.8) is 0 Å². The monoisotopic (exact) mass is 380 g/mol. The predicted molar refractivity (Wildman–Crippen MR) is 98.6 cm³/mol. The summed E-state index contributed by atoms with van der Waals surface area (Å²) in [6.07, 6.45) is 4.49. The molecule has 0 spiro atoms. The molecule has 0 saturated heterocycles. The van der Waals surface area contributed by atoms with Crippen molar-refractivity contribution < 1.29 is 19.1 Å². The number of carbonyl (C=O) groups excluding carboxylic acids is 2. The Bertz CT molecular complexity index is 1040. The van der Waals surface area contributed by atoms with Gasteiger partial charge in [0, 0.05) is 23.1 Å². The number of benzene rings is 1. The molecular formula is C20H13ClN2O4. The molecule has 1 N–H and O–H groups in total. The zero-order valence-corrected chi connectivity index (χ0v) is 14.6. The molecule has 0 fully saturated rings. The lowest BCUT2D eigenvalue weighted by Gasteiger charge is -2.26. The van der Waals surface area contributed by atoms with E-state index in [1.807, 2.05) is 0 Å². The van der Waals surface area contributed by atoms with Gasteiger partial charge in [-0.2, -0.15) is 0 Å². The fourth-order valence-corrected chi connectivity index (χ4v) is 3.31. The number of Topliss-reactive ketones (excluding diaryl/α,β-unsaturated/α-hetero) is 1. The summed E-state index contributed by atoms with van der Waals surface area (Å²) >= 11 is 6.07. The van der Waals surface area contributed by atoms with Gasteiger partial charge in [0.15, 0.2) is 11.5 Å². The first kappa shape index (κ1) is 17.1. The first-order chi connectivity index (χ1) is 13.1. The Morgan fingerprint density at radius 1 is 1.19 bits per heavy atom. The van der Waals surface area contributed by atoms with Gasteiger partial charge >= 0.3 is 0 Å². The van der Waals surface area contributed by atoms with Crippen molar-refractivity contribution in [2.75, 3.05) is 4.90 Å². The topological polar surface area (TPSA) is 83.6 Å². The van der Waals surface area contributed by atoms with Crippen molar-refractivity contribution in [3.05, 3.63) is 94.9 Å².